The maximum atomic E-state index is 12.1. The van der Waals surface area contributed by atoms with Crippen molar-refractivity contribution in [1.29, 1.82) is 0 Å². The van der Waals surface area contributed by atoms with Crippen LogP contribution in [-0.4, -0.2) is 51.4 Å². The third kappa shape index (κ3) is 6.28. The molecule has 0 bridgehead atoms. The average Bonchev–Trinajstić information content (AvgIpc) is 3.31. The number of carbonyl (C=O) groups is 2. The van der Waals surface area contributed by atoms with Crippen molar-refractivity contribution in [3.05, 3.63) is 56.9 Å². The number of hydrogen-bond donors (Lipinski definition) is 2. The number of benzene rings is 1. The first kappa shape index (κ1) is 22.8. The summed E-state index contributed by atoms with van der Waals surface area (Å²) in [5.74, 6) is -0.142. The van der Waals surface area contributed by atoms with Crippen molar-refractivity contribution < 1.29 is 18.8 Å². The van der Waals surface area contributed by atoms with Gasteiger partial charge in [0.25, 0.3) is 5.91 Å². The number of aryl methyl sites for hydroxylation is 1. The molecule has 0 fully saturated rings. The second kappa shape index (κ2) is 10.4. The van der Waals surface area contributed by atoms with Crippen molar-refractivity contribution >= 4 is 39.3 Å². The van der Waals surface area contributed by atoms with Crippen LogP contribution in [-0.2, 0) is 11.3 Å². The van der Waals surface area contributed by atoms with Gasteiger partial charge in [-0.3, -0.25) is 14.3 Å². The molecule has 10 nitrogen and oxygen atoms in total. The lowest BCUT2D eigenvalue weighted by atomic mass is 10.3. The van der Waals surface area contributed by atoms with E-state index in [0.29, 0.717) is 16.6 Å². The fraction of sp³-hybridized carbons (Fsp3) is 0.316. The number of ether oxygens (including phenoxy) is 1. The van der Waals surface area contributed by atoms with E-state index in [4.69, 9.17) is 20.9 Å². The van der Waals surface area contributed by atoms with Crippen LogP contribution >= 0.6 is 27.5 Å². The number of amides is 2. The molecule has 2 N–H and O–H groups in total. The zero-order chi connectivity index (χ0) is 22.4. The fourth-order valence-corrected chi connectivity index (χ4v) is 2.97. The monoisotopic (exact) mass is 510 g/mol. The van der Waals surface area contributed by atoms with Crippen molar-refractivity contribution in [3.63, 3.8) is 0 Å². The van der Waals surface area contributed by atoms with E-state index in [2.05, 4.69) is 41.8 Å². The first-order valence-electron chi connectivity index (χ1n) is 9.29. The molecule has 2 heterocycles. The molecule has 0 radical (unpaired) electrons. The van der Waals surface area contributed by atoms with Gasteiger partial charge in [-0.1, -0.05) is 16.8 Å². The Morgan fingerprint density at radius 1 is 1.19 bits per heavy atom. The molecule has 2 aromatic heterocycles. The number of aromatic nitrogens is 4. The Morgan fingerprint density at radius 3 is 2.58 bits per heavy atom. The largest absolute Gasteiger partial charge is 0.484 e. The molecule has 0 aliphatic rings. The zero-order valence-corrected chi connectivity index (χ0v) is 19.2. The van der Waals surface area contributed by atoms with Gasteiger partial charge in [-0.2, -0.15) is 10.1 Å². The van der Waals surface area contributed by atoms with Crippen LogP contribution in [0.25, 0.3) is 0 Å². The summed E-state index contributed by atoms with van der Waals surface area (Å²) in [6.07, 6.45) is 0. The molecule has 3 aromatic rings. The highest BCUT2D eigenvalue weighted by Crippen LogP contribution is 2.20. The summed E-state index contributed by atoms with van der Waals surface area (Å²) in [5.41, 5.74) is 1.77. The second-order valence-corrected chi connectivity index (χ2v) is 7.74. The Hall–Kier alpha value is -2.92. The average molecular weight is 512 g/mol. The minimum atomic E-state index is -0.528. The van der Waals surface area contributed by atoms with Crippen LogP contribution < -0.4 is 15.4 Å². The van der Waals surface area contributed by atoms with Crippen LogP contribution in [0.1, 0.15) is 27.9 Å². The molecule has 1 aromatic carbocycles. The fourth-order valence-electron chi connectivity index (χ4n) is 2.56. The number of rotatable bonds is 9. The molecule has 12 heteroatoms. The minimum absolute atomic E-state index is 0.148. The summed E-state index contributed by atoms with van der Waals surface area (Å²) < 4.78 is 13.0. The Balaban J connectivity index is 1.38. The molecule has 0 saturated carbocycles. The molecule has 31 heavy (non-hydrogen) atoms. The van der Waals surface area contributed by atoms with Crippen LogP contribution in [0, 0.1) is 13.8 Å². The molecule has 2 amide bonds. The van der Waals surface area contributed by atoms with Crippen molar-refractivity contribution in [2.45, 2.75) is 20.4 Å². The van der Waals surface area contributed by atoms with Gasteiger partial charge in [-0.25, -0.2) is 0 Å². The lowest BCUT2D eigenvalue weighted by Gasteiger charge is -2.07. The molecule has 0 aliphatic carbocycles. The van der Waals surface area contributed by atoms with Gasteiger partial charge in [0.1, 0.15) is 12.3 Å². The third-order valence-corrected chi connectivity index (χ3v) is 5.56. The molecule has 0 atom stereocenters. The van der Waals surface area contributed by atoms with Gasteiger partial charge >= 0.3 is 11.8 Å². The number of hydrogen-bond acceptors (Lipinski definition) is 7. The standard InChI is InChI=1S/C19H20BrClN6O4/c1-11-17(20)12(2)27(25-11)9-15-24-19(31-26-15)18(29)23-8-7-22-16(28)10-30-14-5-3-13(21)4-6-14/h3-6H,7-10H2,1-2H3,(H,22,28)(H,23,29). The Kier molecular flexibility index (Phi) is 7.64. The summed E-state index contributed by atoms with van der Waals surface area (Å²) >= 11 is 9.25. The van der Waals surface area contributed by atoms with E-state index in [1.807, 2.05) is 13.8 Å². The van der Waals surface area contributed by atoms with Crippen molar-refractivity contribution in [3.8, 4) is 5.75 Å². The maximum Gasteiger partial charge on any atom is 0.316 e. The highest BCUT2D eigenvalue weighted by Gasteiger charge is 2.17. The maximum absolute atomic E-state index is 12.1. The van der Waals surface area contributed by atoms with E-state index in [0.717, 1.165) is 15.9 Å². The molecule has 3 rings (SSSR count). The number of carbonyl (C=O) groups excluding carboxylic acids is 2. The third-order valence-electron chi connectivity index (χ3n) is 4.16. The lowest BCUT2D eigenvalue weighted by molar-refractivity contribution is -0.123. The van der Waals surface area contributed by atoms with E-state index in [1.54, 1.807) is 28.9 Å². The highest BCUT2D eigenvalue weighted by atomic mass is 79.9. The van der Waals surface area contributed by atoms with Crippen molar-refractivity contribution in [1.82, 2.24) is 30.6 Å². The van der Waals surface area contributed by atoms with Gasteiger partial charge < -0.3 is 19.9 Å². The summed E-state index contributed by atoms with van der Waals surface area (Å²) in [6, 6.07) is 6.68. The summed E-state index contributed by atoms with van der Waals surface area (Å²) in [4.78, 5) is 28.0. The molecule has 0 saturated heterocycles. The van der Waals surface area contributed by atoms with Crippen LogP contribution in [0.3, 0.4) is 0 Å². The van der Waals surface area contributed by atoms with Crippen LogP contribution in [0.2, 0.25) is 5.02 Å². The van der Waals surface area contributed by atoms with Gasteiger partial charge in [0.15, 0.2) is 12.4 Å². The van der Waals surface area contributed by atoms with Gasteiger partial charge in [-0.05, 0) is 54.0 Å². The van der Waals surface area contributed by atoms with Crippen molar-refractivity contribution in [2.24, 2.45) is 0 Å². The first-order chi connectivity index (χ1) is 14.8. The number of nitrogens with one attached hydrogen (secondary N) is 2. The Morgan fingerprint density at radius 2 is 1.90 bits per heavy atom. The summed E-state index contributed by atoms with van der Waals surface area (Å²) in [5, 5.41) is 14.0. The van der Waals surface area contributed by atoms with E-state index >= 15 is 0 Å². The highest BCUT2D eigenvalue weighted by molar-refractivity contribution is 9.10. The SMILES string of the molecule is Cc1nn(Cc2noc(C(=O)NCCNC(=O)COc3ccc(Cl)cc3)n2)c(C)c1Br. The molecule has 0 unspecified atom stereocenters. The molecule has 0 aliphatic heterocycles. The topological polar surface area (TPSA) is 124 Å². The summed E-state index contributed by atoms with van der Waals surface area (Å²) in [7, 11) is 0. The Labute approximate surface area is 191 Å². The normalized spacial score (nSPS) is 10.7. The van der Waals surface area contributed by atoms with Gasteiger partial charge in [0.2, 0.25) is 0 Å². The van der Waals surface area contributed by atoms with Crippen LogP contribution in [0.4, 0.5) is 0 Å². The summed E-state index contributed by atoms with van der Waals surface area (Å²) in [6.45, 7) is 4.32. The van der Waals surface area contributed by atoms with E-state index in [-0.39, 0.29) is 38.0 Å². The van der Waals surface area contributed by atoms with E-state index < -0.39 is 5.91 Å². The molecular formula is C19H20BrClN6O4. The van der Waals surface area contributed by atoms with Gasteiger partial charge in [0, 0.05) is 18.1 Å². The Bertz CT molecular complexity index is 1070. The van der Waals surface area contributed by atoms with Crippen molar-refractivity contribution in [2.75, 3.05) is 19.7 Å². The molecule has 0 spiro atoms. The zero-order valence-electron chi connectivity index (χ0n) is 16.8. The smallest absolute Gasteiger partial charge is 0.316 e. The van der Waals surface area contributed by atoms with Gasteiger partial charge in [-0.15, -0.1) is 0 Å². The first-order valence-corrected chi connectivity index (χ1v) is 10.5. The quantitative estimate of drug-likeness (QED) is 0.422. The van der Waals surface area contributed by atoms with Crippen LogP contribution in [0.15, 0.2) is 33.3 Å². The van der Waals surface area contributed by atoms with E-state index in [1.165, 1.54) is 0 Å². The number of nitrogens with zero attached hydrogens (tertiary/aromatic N) is 4. The lowest BCUT2D eigenvalue weighted by Crippen LogP contribution is -2.36. The molecule has 164 valence electrons. The van der Waals surface area contributed by atoms with E-state index in [9.17, 15) is 9.59 Å². The predicted molar refractivity (Wildman–Crippen MR) is 115 cm³/mol. The van der Waals surface area contributed by atoms with Gasteiger partial charge in [0.05, 0.1) is 15.9 Å². The number of halogens is 2. The predicted octanol–water partition coefficient (Wildman–Crippen LogP) is 2.27. The minimum Gasteiger partial charge on any atom is -0.484 e. The second-order valence-electron chi connectivity index (χ2n) is 6.51. The van der Waals surface area contributed by atoms with Crippen LogP contribution in [0.5, 0.6) is 5.75 Å². The molecular weight excluding hydrogens is 492 g/mol.